The van der Waals surface area contributed by atoms with Crippen molar-refractivity contribution in [2.75, 3.05) is 11.9 Å². The Kier molecular flexibility index (Phi) is 8.04. The van der Waals surface area contributed by atoms with E-state index in [2.05, 4.69) is 10.6 Å². The van der Waals surface area contributed by atoms with Crippen LogP contribution < -0.4 is 10.6 Å². The van der Waals surface area contributed by atoms with Crippen LogP contribution in [0, 0.1) is 10.1 Å². The number of non-ortho nitro benzene ring substituents is 1. The molecular formula is C19H19N3O5S. The van der Waals surface area contributed by atoms with Crippen LogP contribution in [-0.4, -0.2) is 28.5 Å². The number of thiocarbonyl (C=S) groups is 1. The monoisotopic (exact) mass is 401 g/mol. The molecule has 0 radical (unpaired) electrons. The van der Waals surface area contributed by atoms with E-state index >= 15 is 0 Å². The summed E-state index contributed by atoms with van der Waals surface area (Å²) in [4.78, 5) is 33.6. The van der Waals surface area contributed by atoms with E-state index in [1.54, 1.807) is 0 Å². The summed E-state index contributed by atoms with van der Waals surface area (Å²) in [5, 5.41) is 15.8. The number of nitrogens with zero attached hydrogens (tertiary/aromatic N) is 1. The van der Waals surface area contributed by atoms with Crippen LogP contribution in [0.2, 0.25) is 0 Å². The molecule has 2 rings (SSSR count). The first kappa shape index (κ1) is 21.0. The number of hydrogen-bond acceptors (Lipinski definition) is 6. The Morgan fingerprint density at radius 2 is 1.71 bits per heavy atom. The molecule has 9 heteroatoms. The van der Waals surface area contributed by atoms with Crippen molar-refractivity contribution in [1.29, 1.82) is 0 Å². The highest BCUT2D eigenvalue weighted by molar-refractivity contribution is 7.80. The number of nitro groups is 1. The van der Waals surface area contributed by atoms with Gasteiger partial charge in [-0.3, -0.25) is 19.7 Å². The number of carbonyl (C=O) groups is 2. The van der Waals surface area contributed by atoms with Gasteiger partial charge < -0.3 is 15.4 Å². The molecule has 0 unspecified atom stereocenters. The summed E-state index contributed by atoms with van der Waals surface area (Å²) in [6.45, 7) is 0.255. The first-order chi connectivity index (χ1) is 13.4. The molecular weight excluding hydrogens is 382 g/mol. The van der Waals surface area contributed by atoms with Crippen LogP contribution >= 0.6 is 12.2 Å². The van der Waals surface area contributed by atoms with Crippen LogP contribution in [0.15, 0.2) is 54.6 Å². The van der Waals surface area contributed by atoms with Gasteiger partial charge >= 0.3 is 5.97 Å². The zero-order valence-electron chi connectivity index (χ0n) is 14.9. The third kappa shape index (κ3) is 7.50. The van der Waals surface area contributed by atoms with Crippen molar-refractivity contribution in [2.45, 2.75) is 19.3 Å². The van der Waals surface area contributed by atoms with Crippen molar-refractivity contribution in [3.8, 4) is 0 Å². The first-order valence-corrected chi connectivity index (χ1v) is 8.89. The smallest absolute Gasteiger partial charge is 0.306 e. The summed E-state index contributed by atoms with van der Waals surface area (Å²) in [5.41, 5.74) is 1.51. The number of hydrogen-bond donors (Lipinski definition) is 2. The summed E-state index contributed by atoms with van der Waals surface area (Å²) in [5.74, 6) is -0.889. The van der Waals surface area contributed by atoms with E-state index in [9.17, 15) is 19.7 Å². The number of rotatable bonds is 8. The van der Waals surface area contributed by atoms with E-state index in [0.29, 0.717) is 12.1 Å². The molecule has 1 amide bonds. The zero-order chi connectivity index (χ0) is 20.4. The van der Waals surface area contributed by atoms with Gasteiger partial charge in [0.05, 0.1) is 18.0 Å². The van der Waals surface area contributed by atoms with Crippen LogP contribution in [0.3, 0.4) is 0 Å². The lowest BCUT2D eigenvalue weighted by Crippen LogP contribution is -2.34. The Morgan fingerprint density at radius 1 is 1.04 bits per heavy atom. The van der Waals surface area contributed by atoms with Gasteiger partial charge in [-0.25, -0.2) is 0 Å². The van der Waals surface area contributed by atoms with E-state index in [-0.39, 0.29) is 30.2 Å². The molecule has 8 nitrogen and oxygen atoms in total. The Balaban J connectivity index is 1.64. The van der Waals surface area contributed by atoms with Gasteiger partial charge in [-0.05, 0) is 29.9 Å². The largest absolute Gasteiger partial charge is 0.465 e. The SMILES string of the molecule is O=C(CCC(=O)OCCc1ccccc1)NC(=S)Nc1ccc([N+](=O)[O-])cc1. The fourth-order valence-electron chi connectivity index (χ4n) is 2.23. The molecule has 0 fully saturated rings. The Labute approximate surface area is 167 Å². The van der Waals surface area contributed by atoms with E-state index < -0.39 is 16.8 Å². The highest BCUT2D eigenvalue weighted by Crippen LogP contribution is 2.15. The van der Waals surface area contributed by atoms with Gasteiger partial charge in [0.25, 0.3) is 5.69 Å². The van der Waals surface area contributed by atoms with Crippen LogP contribution in [0.4, 0.5) is 11.4 Å². The van der Waals surface area contributed by atoms with E-state index in [4.69, 9.17) is 17.0 Å². The van der Waals surface area contributed by atoms with Gasteiger partial charge in [-0.1, -0.05) is 30.3 Å². The van der Waals surface area contributed by atoms with Gasteiger partial charge in [0, 0.05) is 30.7 Å². The number of amides is 1. The predicted octanol–water partition coefficient (Wildman–Crippen LogP) is 2.97. The lowest BCUT2D eigenvalue weighted by Gasteiger charge is -2.09. The minimum atomic E-state index is -0.511. The molecule has 0 aliphatic carbocycles. The van der Waals surface area contributed by atoms with Crippen molar-refractivity contribution >= 4 is 40.6 Å². The molecule has 0 heterocycles. The second kappa shape index (κ2) is 10.7. The summed E-state index contributed by atoms with van der Waals surface area (Å²) in [7, 11) is 0. The molecule has 28 heavy (non-hydrogen) atoms. The zero-order valence-corrected chi connectivity index (χ0v) is 15.7. The van der Waals surface area contributed by atoms with E-state index in [1.807, 2.05) is 30.3 Å². The van der Waals surface area contributed by atoms with Gasteiger partial charge in [-0.15, -0.1) is 0 Å². The minimum Gasteiger partial charge on any atom is -0.465 e. The second-order valence-corrected chi connectivity index (χ2v) is 6.17. The second-order valence-electron chi connectivity index (χ2n) is 5.76. The fourth-order valence-corrected chi connectivity index (χ4v) is 2.46. The number of benzene rings is 2. The molecule has 146 valence electrons. The number of ether oxygens (including phenoxy) is 1. The maximum atomic E-state index is 11.9. The van der Waals surface area contributed by atoms with Crippen molar-refractivity contribution < 1.29 is 19.2 Å². The molecule has 0 spiro atoms. The quantitative estimate of drug-likeness (QED) is 0.303. The van der Waals surface area contributed by atoms with Crippen molar-refractivity contribution in [3.63, 3.8) is 0 Å². The number of nitrogens with one attached hydrogen (secondary N) is 2. The van der Waals surface area contributed by atoms with Crippen LogP contribution in [0.25, 0.3) is 0 Å². The molecule has 2 N–H and O–H groups in total. The van der Waals surface area contributed by atoms with Crippen LogP contribution in [-0.2, 0) is 20.7 Å². The maximum absolute atomic E-state index is 11.9. The molecule has 2 aromatic carbocycles. The van der Waals surface area contributed by atoms with Gasteiger partial charge in [-0.2, -0.15) is 0 Å². The van der Waals surface area contributed by atoms with E-state index in [1.165, 1.54) is 24.3 Å². The fraction of sp³-hybridized carbons (Fsp3) is 0.211. The molecule has 0 saturated heterocycles. The lowest BCUT2D eigenvalue weighted by molar-refractivity contribution is -0.384. The first-order valence-electron chi connectivity index (χ1n) is 8.49. The lowest BCUT2D eigenvalue weighted by atomic mass is 10.2. The number of nitro benzene ring substituents is 1. The minimum absolute atomic E-state index is 0.0382. The van der Waals surface area contributed by atoms with Gasteiger partial charge in [0.1, 0.15) is 0 Å². The van der Waals surface area contributed by atoms with E-state index in [0.717, 1.165) is 5.56 Å². The Bertz CT molecular complexity index is 840. The normalized spacial score (nSPS) is 10.0. The average Bonchev–Trinajstić information content (AvgIpc) is 2.67. The van der Waals surface area contributed by atoms with Crippen LogP contribution in [0.5, 0.6) is 0 Å². The highest BCUT2D eigenvalue weighted by Gasteiger charge is 2.10. The molecule has 0 saturated carbocycles. The average molecular weight is 401 g/mol. The summed E-state index contributed by atoms with van der Waals surface area (Å²) in [6, 6.07) is 15.2. The van der Waals surface area contributed by atoms with Crippen LogP contribution in [0.1, 0.15) is 18.4 Å². The number of carbonyl (C=O) groups excluding carboxylic acids is 2. The molecule has 0 aliphatic heterocycles. The molecule has 0 atom stereocenters. The standard InChI is InChI=1S/C19H19N3O5S/c23-17(10-11-18(24)27-13-12-14-4-2-1-3-5-14)21-19(28)20-15-6-8-16(9-7-15)22(25)26/h1-9H,10-13H2,(H2,20,21,23,28). The number of anilines is 1. The topological polar surface area (TPSA) is 111 Å². The summed E-state index contributed by atoms with van der Waals surface area (Å²) < 4.78 is 5.11. The Hall–Kier alpha value is -3.33. The third-order valence-corrected chi connectivity index (χ3v) is 3.85. The Morgan fingerprint density at radius 3 is 2.36 bits per heavy atom. The third-order valence-electron chi connectivity index (χ3n) is 3.64. The maximum Gasteiger partial charge on any atom is 0.306 e. The number of esters is 1. The molecule has 0 aromatic heterocycles. The van der Waals surface area contributed by atoms with Crippen molar-refractivity contribution in [1.82, 2.24) is 5.32 Å². The summed E-state index contributed by atoms with van der Waals surface area (Å²) >= 11 is 5.01. The molecule has 0 aliphatic rings. The molecule has 2 aromatic rings. The van der Waals surface area contributed by atoms with Crippen molar-refractivity contribution in [2.24, 2.45) is 0 Å². The summed E-state index contributed by atoms with van der Waals surface area (Å²) in [6.07, 6.45) is 0.495. The highest BCUT2D eigenvalue weighted by atomic mass is 32.1. The molecule has 0 bridgehead atoms. The van der Waals surface area contributed by atoms with Gasteiger partial charge in [0.2, 0.25) is 5.91 Å². The van der Waals surface area contributed by atoms with Gasteiger partial charge in [0.15, 0.2) is 5.11 Å². The van der Waals surface area contributed by atoms with Crippen molar-refractivity contribution in [3.05, 3.63) is 70.3 Å². The predicted molar refractivity (Wildman–Crippen MR) is 108 cm³/mol.